The molecule has 0 aliphatic carbocycles. The van der Waals surface area contributed by atoms with Crippen LogP contribution in [0.25, 0.3) is 10.2 Å². The van der Waals surface area contributed by atoms with Crippen LogP contribution in [-0.2, 0) is 11.3 Å². The van der Waals surface area contributed by atoms with Gasteiger partial charge in [0.1, 0.15) is 5.75 Å². The number of thiazole rings is 1. The van der Waals surface area contributed by atoms with Crippen LogP contribution in [0, 0.1) is 6.92 Å². The van der Waals surface area contributed by atoms with E-state index in [4.69, 9.17) is 4.74 Å². The number of aryl methyl sites for hydroxylation is 1. The Labute approximate surface area is 167 Å². The van der Waals surface area contributed by atoms with Crippen molar-refractivity contribution in [2.75, 3.05) is 11.5 Å². The largest absolute Gasteiger partial charge is 0.484 e. The molecule has 0 spiro atoms. The van der Waals surface area contributed by atoms with Crippen molar-refractivity contribution in [1.29, 1.82) is 0 Å². The molecule has 4 aromatic rings. The number of fused-ring (bicyclic) bond motifs is 1. The zero-order valence-corrected chi connectivity index (χ0v) is 16.2. The van der Waals surface area contributed by atoms with Gasteiger partial charge in [0.2, 0.25) is 0 Å². The molecule has 2 aromatic carbocycles. The van der Waals surface area contributed by atoms with E-state index in [1.807, 2.05) is 67.6 Å². The van der Waals surface area contributed by atoms with Gasteiger partial charge in [-0.2, -0.15) is 0 Å². The van der Waals surface area contributed by atoms with Crippen LogP contribution in [-0.4, -0.2) is 22.5 Å². The average Bonchev–Trinajstić information content (AvgIpc) is 3.16. The number of aromatic nitrogens is 2. The van der Waals surface area contributed by atoms with Gasteiger partial charge in [0.25, 0.3) is 5.91 Å². The second-order valence-corrected chi connectivity index (χ2v) is 7.42. The maximum Gasteiger partial charge on any atom is 0.267 e. The molecule has 0 N–H and O–H groups in total. The topological polar surface area (TPSA) is 55.3 Å². The van der Waals surface area contributed by atoms with E-state index >= 15 is 0 Å². The Hall–Kier alpha value is -3.25. The van der Waals surface area contributed by atoms with Gasteiger partial charge in [-0.3, -0.25) is 14.7 Å². The predicted octanol–water partition coefficient (Wildman–Crippen LogP) is 4.61. The van der Waals surface area contributed by atoms with E-state index in [2.05, 4.69) is 9.97 Å². The summed E-state index contributed by atoms with van der Waals surface area (Å²) in [7, 11) is 0. The first-order valence-corrected chi connectivity index (χ1v) is 9.75. The van der Waals surface area contributed by atoms with Crippen molar-refractivity contribution in [2.45, 2.75) is 13.5 Å². The Balaban J connectivity index is 1.58. The van der Waals surface area contributed by atoms with Crippen molar-refractivity contribution in [3.63, 3.8) is 0 Å². The number of hydrogen-bond acceptors (Lipinski definition) is 5. The fraction of sp³-hybridized carbons (Fsp3) is 0.136. The minimum Gasteiger partial charge on any atom is -0.484 e. The summed E-state index contributed by atoms with van der Waals surface area (Å²) in [6, 6.07) is 19.3. The number of anilines is 1. The smallest absolute Gasteiger partial charge is 0.267 e. The van der Waals surface area contributed by atoms with E-state index in [0.717, 1.165) is 21.3 Å². The number of pyridine rings is 1. The van der Waals surface area contributed by atoms with E-state index in [-0.39, 0.29) is 12.5 Å². The van der Waals surface area contributed by atoms with Crippen molar-refractivity contribution in [3.05, 3.63) is 84.2 Å². The zero-order chi connectivity index (χ0) is 19.3. The molecule has 0 aliphatic rings. The van der Waals surface area contributed by atoms with Gasteiger partial charge in [-0.05, 0) is 42.8 Å². The molecule has 1 amide bonds. The number of ether oxygens (including phenoxy) is 1. The molecular formula is C22H19N3O2S. The third-order valence-electron chi connectivity index (χ3n) is 4.26. The highest BCUT2D eigenvalue weighted by Crippen LogP contribution is 2.29. The summed E-state index contributed by atoms with van der Waals surface area (Å²) in [5, 5.41) is 0.655. The Bertz CT molecular complexity index is 1040. The van der Waals surface area contributed by atoms with E-state index in [1.165, 1.54) is 11.3 Å². The minimum absolute atomic E-state index is 0.0563. The monoisotopic (exact) mass is 389 g/mol. The van der Waals surface area contributed by atoms with Crippen molar-refractivity contribution in [2.24, 2.45) is 0 Å². The van der Waals surface area contributed by atoms with E-state index in [9.17, 15) is 4.79 Å². The molecule has 0 aliphatic heterocycles. The maximum absolute atomic E-state index is 13.0. The minimum atomic E-state index is -0.150. The molecule has 140 valence electrons. The molecule has 6 heteroatoms. The number of carbonyl (C=O) groups excluding carboxylic acids is 1. The van der Waals surface area contributed by atoms with Crippen LogP contribution in [0.2, 0.25) is 0 Å². The molecule has 2 aromatic heterocycles. The zero-order valence-electron chi connectivity index (χ0n) is 15.4. The van der Waals surface area contributed by atoms with Crippen LogP contribution >= 0.6 is 11.3 Å². The third-order valence-corrected chi connectivity index (χ3v) is 5.32. The van der Waals surface area contributed by atoms with Gasteiger partial charge < -0.3 is 4.74 Å². The number of carbonyl (C=O) groups is 1. The van der Waals surface area contributed by atoms with Crippen LogP contribution in [0.3, 0.4) is 0 Å². The summed E-state index contributed by atoms with van der Waals surface area (Å²) in [4.78, 5) is 23.5. The fourth-order valence-electron chi connectivity index (χ4n) is 2.77. The normalized spacial score (nSPS) is 10.8. The van der Waals surface area contributed by atoms with Gasteiger partial charge in [-0.1, -0.05) is 47.2 Å². The number of benzene rings is 2. The summed E-state index contributed by atoms with van der Waals surface area (Å²) >= 11 is 1.49. The molecule has 0 fully saturated rings. The predicted molar refractivity (Wildman–Crippen MR) is 112 cm³/mol. The lowest BCUT2D eigenvalue weighted by molar-refractivity contribution is -0.120. The number of rotatable bonds is 6. The summed E-state index contributed by atoms with van der Waals surface area (Å²) in [6.07, 6.45) is 3.47. The average molecular weight is 389 g/mol. The van der Waals surface area contributed by atoms with Crippen LogP contribution in [0.4, 0.5) is 5.13 Å². The number of para-hydroxylation sites is 1. The van der Waals surface area contributed by atoms with Gasteiger partial charge in [-0.15, -0.1) is 0 Å². The summed E-state index contributed by atoms with van der Waals surface area (Å²) in [6.45, 7) is 2.35. The summed E-state index contributed by atoms with van der Waals surface area (Å²) in [5.74, 6) is 0.521. The first-order chi connectivity index (χ1) is 13.7. The van der Waals surface area contributed by atoms with Gasteiger partial charge in [0, 0.05) is 12.4 Å². The van der Waals surface area contributed by atoms with E-state index in [1.54, 1.807) is 17.3 Å². The number of hydrogen-bond donors (Lipinski definition) is 0. The van der Waals surface area contributed by atoms with Gasteiger partial charge >= 0.3 is 0 Å². The van der Waals surface area contributed by atoms with Gasteiger partial charge in [0.05, 0.1) is 16.8 Å². The molecule has 0 unspecified atom stereocenters. The van der Waals surface area contributed by atoms with Crippen LogP contribution in [0.15, 0.2) is 73.1 Å². The fourth-order valence-corrected chi connectivity index (χ4v) is 3.75. The molecular weight excluding hydrogens is 370 g/mol. The summed E-state index contributed by atoms with van der Waals surface area (Å²) in [5.41, 5.74) is 2.96. The molecule has 0 radical (unpaired) electrons. The molecule has 4 rings (SSSR count). The quantitative estimate of drug-likeness (QED) is 0.483. The standard InChI is InChI=1S/C22H19N3O2S/c1-16-8-10-18(11-9-16)27-15-21(26)25(14-17-5-4-12-23-13-17)22-24-19-6-2-3-7-20(19)28-22/h2-13H,14-15H2,1H3. The van der Waals surface area contributed by atoms with Crippen molar-refractivity contribution >= 4 is 32.6 Å². The van der Waals surface area contributed by atoms with E-state index in [0.29, 0.717) is 17.4 Å². The highest BCUT2D eigenvalue weighted by Gasteiger charge is 2.21. The van der Waals surface area contributed by atoms with Crippen molar-refractivity contribution in [1.82, 2.24) is 9.97 Å². The SMILES string of the molecule is Cc1ccc(OCC(=O)N(Cc2cccnc2)c2nc3ccccc3s2)cc1. The highest BCUT2D eigenvalue weighted by atomic mass is 32.1. The lowest BCUT2D eigenvalue weighted by atomic mass is 10.2. The van der Waals surface area contributed by atoms with E-state index < -0.39 is 0 Å². The van der Waals surface area contributed by atoms with Crippen LogP contribution < -0.4 is 9.64 Å². The first kappa shape index (κ1) is 18.1. The van der Waals surface area contributed by atoms with Crippen molar-refractivity contribution in [3.8, 4) is 5.75 Å². The van der Waals surface area contributed by atoms with Gasteiger partial charge in [0.15, 0.2) is 11.7 Å². The molecule has 0 atom stereocenters. The number of amides is 1. The molecule has 0 bridgehead atoms. The van der Waals surface area contributed by atoms with Crippen LogP contribution in [0.1, 0.15) is 11.1 Å². The maximum atomic E-state index is 13.0. The Kier molecular flexibility index (Phi) is 5.30. The van der Waals surface area contributed by atoms with Crippen LogP contribution in [0.5, 0.6) is 5.75 Å². The Morgan fingerprint density at radius 3 is 2.64 bits per heavy atom. The van der Waals surface area contributed by atoms with Gasteiger partial charge in [-0.25, -0.2) is 4.98 Å². The Morgan fingerprint density at radius 2 is 1.89 bits per heavy atom. The highest BCUT2D eigenvalue weighted by molar-refractivity contribution is 7.22. The molecule has 2 heterocycles. The molecule has 28 heavy (non-hydrogen) atoms. The third kappa shape index (κ3) is 4.18. The van der Waals surface area contributed by atoms with Crippen molar-refractivity contribution < 1.29 is 9.53 Å². The summed E-state index contributed by atoms with van der Waals surface area (Å²) < 4.78 is 6.75. The Morgan fingerprint density at radius 1 is 1.07 bits per heavy atom. The molecule has 0 saturated carbocycles. The first-order valence-electron chi connectivity index (χ1n) is 8.93. The lowest BCUT2D eigenvalue weighted by Gasteiger charge is -2.20. The number of nitrogens with zero attached hydrogens (tertiary/aromatic N) is 3. The molecule has 0 saturated heterocycles. The molecule has 5 nitrogen and oxygen atoms in total. The second-order valence-electron chi connectivity index (χ2n) is 6.41. The lowest BCUT2D eigenvalue weighted by Crippen LogP contribution is -2.34. The second kappa shape index (κ2) is 8.19.